The predicted molar refractivity (Wildman–Crippen MR) is 69.6 cm³/mol. The van der Waals surface area contributed by atoms with E-state index in [1.165, 1.54) is 0 Å². The Kier molecular flexibility index (Phi) is 2.69. The Balaban J connectivity index is 2.07. The average molecular weight is 259 g/mol. The maximum atomic E-state index is 9.02. The lowest BCUT2D eigenvalue weighted by Gasteiger charge is -2.26. The van der Waals surface area contributed by atoms with Crippen LogP contribution in [0.5, 0.6) is 0 Å². The molecular weight excluding hydrogens is 248 g/mol. The molecule has 3 rings (SSSR count). The Morgan fingerprint density at radius 1 is 1.50 bits per heavy atom. The molecule has 1 aliphatic rings. The van der Waals surface area contributed by atoms with Crippen molar-refractivity contribution in [3.05, 3.63) is 46.6 Å². The van der Waals surface area contributed by atoms with Crippen LogP contribution in [0.3, 0.4) is 0 Å². The van der Waals surface area contributed by atoms with Gasteiger partial charge in [0.2, 0.25) is 0 Å². The Bertz CT molecular complexity index is 626. The zero-order chi connectivity index (χ0) is 12.5. The number of hydrogen-bond acceptors (Lipinski definition) is 3. The number of aromatic nitrogens is 2. The van der Waals surface area contributed by atoms with E-state index in [2.05, 4.69) is 16.5 Å². The van der Waals surface area contributed by atoms with Gasteiger partial charge in [-0.3, -0.25) is 0 Å². The van der Waals surface area contributed by atoms with Crippen LogP contribution in [0.1, 0.15) is 23.6 Å². The lowest BCUT2D eigenvalue weighted by molar-refractivity contribution is 0.482. The fraction of sp³-hybridized carbons (Fsp3) is 0.231. The van der Waals surface area contributed by atoms with Crippen LogP contribution in [0.2, 0.25) is 5.02 Å². The summed E-state index contributed by atoms with van der Waals surface area (Å²) in [6.45, 7) is 0.831. The Morgan fingerprint density at radius 3 is 3.17 bits per heavy atom. The van der Waals surface area contributed by atoms with Crippen molar-refractivity contribution in [2.75, 3.05) is 11.9 Å². The van der Waals surface area contributed by atoms with Crippen LogP contribution in [-0.4, -0.2) is 16.3 Å². The molecule has 1 N–H and O–H groups in total. The third kappa shape index (κ3) is 1.73. The van der Waals surface area contributed by atoms with Gasteiger partial charge in [-0.1, -0.05) is 23.7 Å². The van der Waals surface area contributed by atoms with Crippen molar-refractivity contribution in [1.29, 1.82) is 5.26 Å². The molecule has 0 aliphatic carbocycles. The fourth-order valence-electron chi connectivity index (χ4n) is 2.33. The van der Waals surface area contributed by atoms with Gasteiger partial charge in [0, 0.05) is 11.6 Å². The second kappa shape index (κ2) is 4.35. The second-order valence-electron chi connectivity index (χ2n) is 4.25. The first-order valence-corrected chi connectivity index (χ1v) is 6.14. The molecule has 0 fully saturated rings. The van der Waals surface area contributed by atoms with Crippen LogP contribution < -0.4 is 5.32 Å². The molecule has 0 amide bonds. The molecule has 18 heavy (non-hydrogen) atoms. The van der Waals surface area contributed by atoms with Crippen LogP contribution in [0.25, 0.3) is 0 Å². The van der Waals surface area contributed by atoms with Crippen molar-refractivity contribution in [3.8, 4) is 6.07 Å². The van der Waals surface area contributed by atoms with Gasteiger partial charge >= 0.3 is 0 Å². The maximum Gasteiger partial charge on any atom is 0.143 e. The topological polar surface area (TPSA) is 53.6 Å². The van der Waals surface area contributed by atoms with E-state index in [4.69, 9.17) is 16.9 Å². The van der Waals surface area contributed by atoms with Crippen molar-refractivity contribution >= 4 is 17.4 Å². The molecule has 0 saturated carbocycles. The van der Waals surface area contributed by atoms with E-state index in [1.54, 1.807) is 6.20 Å². The quantitative estimate of drug-likeness (QED) is 0.856. The zero-order valence-corrected chi connectivity index (χ0v) is 10.4. The van der Waals surface area contributed by atoms with E-state index < -0.39 is 0 Å². The van der Waals surface area contributed by atoms with Crippen molar-refractivity contribution in [3.63, 3.8) is 0 Å². The van der Waals surface area contributed by atoms with Gasteiger partial charge in [0.1, 0.15) is 17.5 Å². The summed E-state index contributed by atoms with van der Waals surface area (Å²) in [5.41, 5.74) is 1.71. The molecule has 1 aromatic heterocycles. The van der Waals surface area contributed by atoms with Gasteiger partial charge in [-0.25, -0.2) is 4.68 Å². The number of nitriles is 1. The van der Waals surface area contributed by atoms with Crippen molar-refractivity contribution in [2.24, 2.45) is 0 Å². The monoisotopic (exact) mass is 258 g/mol. The van der Waals surface area contributed by atoms with Gasteiger partial charge in [0.15, 0.2) is 0 Å². The number of anilines is 1. The maximum absolute atomic E-state index is 9.02. The Labute approximate surface area is 110 Å². The number of fused-ring (bicyclic) bond motifs is 1. The highest BCUT2D eigenvalue weighted by Crippen LogP contribution is 2.31. The van der Waals surface area contributed by atoms with Crippen molar-refractivity contribution < 1.29 is 0 Å². The summed E-state index contributed by atoms with van der Waals surface area (Å²) in [6, 6.07) is 10.1. The summed E-state index contributed by atoms with van der Waals surface area (Å²) in [5, 5.41) is 17.3. The minimum absolute atomic E-state index is 0.141. The number of benzene rings is 1. The first-order valence-electron chi connectivity index (χ1n) is 5.76. The minimum Gasteiger partial charge on any atom is -0.369 e. The third-order valence-corrected chi connectivity index (χ3v) is 3.39. The highest BCUT2D eigenvalue weighted by atomic mass is 35.5. The second-order valence-corrected chi connectivity index (χ2v) is 4.69. The molecule has 1 aromatic carbocycles. The van der Waals surface area contributed by atoms with E-state index in [-0.39, 0.29) is 6.04 Å². The summed E-state index contributed by atoms with van der Waals surface area (Å²) in [7, 11) is 0. The van der Waals surface area contributed by atoms with E-state index in [0.29, 0.717) is 5.56 Å². The summed E-state index contributed by atoms with van der Waals surface area (Å²) in [6.07, 6.45) is 2.53. The predicted octanol–water partition coefficient (Wildman–Crippen LogP) is 2.81. The molecule has 2 aromatic rings. The normalized spacial score (nSPS) is 17.7. The van der Waals surface area contributed by atoms with E-state index in [9.17, 15) is 0 Å². The van der Waals surface area contributed by atoms with Gasteiger partial charge < -0.3 is 5.32 Å². The molecule has 1 aliphatic heterocycles. The molecule has 0 unspecified atom stereocenters. The number of nitrogens with zero attached hydrogens (tertiary/aromatic N) is 3. The molecular formula is C13H11ClN4. The standard InChI is InChI=1S/C13H11ClN4/c14-11-3-1-2-9(6-11)12-4-5-16-13-10(7-15)8-17-18(12)13/h1-3,6,8,12,16H,4-5H2/t12-/m1/s1. The fourth-order valence-corrected chi connectivity index (χ4v) is 2.53. The minimum atomic E-state index is 0.141. The molecule has 4 nitrogen and oxygen atoms in total. The van der Waals surface area contributed by atoms with Gasteiger partial charge in [-0.15, -0.1) is 0 Å². The SMILES string of the molecule is N#Cc1cnn2c1NCC[C@@H]2c1cccc(Cl)c1. The summed E-state index contributed by atoms with van der Waals surface area (Å²) >= 11 is 6.03. The van der Waals surface area contributed by atoms with Gasteiger partial charge in [0.05, 0.1) is 12.2 Å². The smallest absolute Gasteiger partial charge is 0.143 e. The number of hydrogen-bond donors (Lipinski definition) is 1. The molecule has 0 radical (unpaired) electrons. The van der Waals surface area contributed by atoms with E-state index in [0.717, 1.165) is 29.4 Å². The molecule has 0 spiro atoms. The van der Waals surface area contributed by atoms with E-state index >= 15 is 0 Å². The number of rotatable bonds is 1. The first-order chi connectivity index (χ1) is 8.79. The highest BCUT2D eigenvalue weighted by Gasteiger charge is 2.24. The molecule has 90 valence electrons. The molecule has 2 heterocycles. The van der Waals surface area contributed by atoms with Crippen LogP contribution in [0.15, 0.2) is 30.5 Å². The third-order valence-electron chi connectivity index (χ3n) is 3.15. The van der Waals surface area contributed by atoms with Crippen molar-refractivity contribution in [1.82, 2.24) is 9.78 Å². The van der Waals surface area contributed by atoms with Crippen LogP contribution >= 0.6 is 11.6 Å². The summed E-state index contributed by atoms with van der Waals surface area (Å²) in [5.74, 6) is 0.800. The molecule has 5 heteroatoms. The zero-order valence-electron chi connectivity index (χ0n) is 9.60. The molecule has 1 atom stereocenters. The van der Waals surface area contributed by atoms with Gasteiger partial charge in [-0.05, 0) is 24.1 Å². The van der Waals surface area contributed by atoms with Crippen LogP contribution in [0, 0.1) is 11.3 Å². The molecule has 0 bridgehead atoms. The number of halogens is 1. The number of nitrogens with one attached hydrogen (secondary N) is 1. The van der Waals surface area contributed by atoms with Crippen molar-refractivity contribution in [2.45, 2.75) is 12.5 Å². The Morgan fingerprint density at radius 2 is 2.39 bits per heavy atom. The summed E-state index contributed by atoms with van der Waals surface area (Å²) in [4.78, 5) is 0. The lowest BCUT2D eigenvalue weighted by atomic mass is 10.0. The van der Waals surface area contributed by atoms with E-state index in [1.807, 2.05) is 28.9 Å². The summed E-state index contributed by atoms with van der Waals surface area (Å²) < 4.78 is 1.87. The van der Waals surface area contributed by atoms with Gasteiger partial charge in [-0.2, -0.15) is 10.4 Å². The highest BCUT2D eigenvalue weighted by molar-refractivity contribution is 6.30. The molecule has 0 saturated heterocycles. The first kappa shape index (κ1) is 11.1. The average Bonchev–Trinajstić information content (AvgIpc) is 2.81. The lowest BCUT2D eigenvalue weighted by Crippen LogP contribution is -2.24. The van der Waals surface area contributed by atoms with Gasteiger partial charge in [0.25, 0.3) is 0 Å². The largest absolute Gasteiger partial charge is 0.369 e. The van der Waals surface area contributed by atoms with Crippen LogP contribution in [-0.2, 0) is 0 Å². The van der Waals surface area contributed by atoms with Crippen LogP contribution in [0.4, 0.5) is 5.82 Å². The Hall–Kier alpha value is -1.99.